The number of amides is 4. The summed E-state index contributed by atoms with van der Waals surface area (Å²) in [6.07, 6.45) is 2.22. The molecular weight excluding hydrogens is 867 g/mol. The minimum atomic E-state index is -0.878. The normalized spacial score (nSPS) is 13.0. The summed E-state index contributed by atoms with van der Waals surface area (Å²) in [5.41, 5.74) is 4.72. The molecule has 17 nitrogen and oxygen atoms in total. The lowest BCUT2D eigenvalue weighted by atomic mass is 10.1. The monoisotopic (exact) mass is 927 g/mol. The van der Waals surface area contributed by atoms with Gasteiger partial charge in [0.1, 0.15) is 17.5 Å². The number of aryl methyl sites for hydroxylation is 2. The number of nitro benzene ring substituents is 1. The van der Waals surface area contributed by atoms with Crippen molar-refractivity contribution in [2.75, 3.05) is 72.0 Å². The maximum atomic E-state index is 14.2. The van der Waals surface area contributed by atoms with Gasteiger partial charge < -0.3 is 39.3 Å². The van der Waals surface area contributed by atoms with E-state index >= 15 is 0 Å². The van der Waals surface area contributed by atoms with Gasteiger partial charge in [0, 0.05) is 108 Å². The van der Waals surface area contributed by atoms with Crippen molar-refractivity contribution in [3.63, 3.8) is 0 Å². The first kappa shape index (κ1) is 50.0. The van der Waals surface area contributed by atoms with Crippen LogP contribution in [0.3, 0.4) is 0 Å². The third-order valence-corrected chi connectivity index (χ3v) is 12.0. The quantitative estimate of drug-likeness (QED) is 0.0510. The summed E-state index contributed by atoms with van der Waals surface area (Å²) in [4.78, 5) is 83.4. The highest BCUT2D eigenvalue weighted by Gasteiger charge is 2.29. The van der Waals surface area contributed by atoms with Gasteiger partial charge in [0.2, 0.25) is 17.8 Å². The molecule has 0 unspecified atom stereocenters. The number of carbonyl (C=O) groups is 4. The summed E-state index contributed by atoms with van der Waals surface area (Å²) in [6.45, 7) is 10.5. The molecule has 1 fully saturated rings. The van der Waals surface area contributed by atoms with Crippen molar-refractivity contribution < 1.29 is 33.6 Å². The molecule has 17 heteroatoms. The minimum absolute atomic E-state index is 0.0803. The smallest absolute Gasteiger partial charge is 0.269 e. The molecule has 2 heterocycles. The maximum absolute atomic E-state index is 14.2. The topological polar surface area (TPSA) is 184 Å². The summed E-state index contributed by atoms with van der Waals surface area (Å²) in [5.74, 6) is 0.499. The first-order valence-electron chi connectivity index (χ1n) is 22.7. The van der Waals surface area contributed by atoms with Gasteiger partial charge in [-0.15, -0.1) is 0 Å². The van der Waals surface area contributed by atoms with Crippen LogP contribution < -0.4 is 19.7 Å². The highest BCUT2D eigenvalue weighted by Crippen LogP contribution is 2.28. The van der Waals surface area contributed by atoms with E-state index in [4.69, 9.17) is 9.47 Å². The number of carbonyl (C=O) groups excluding carboxylic acids is 4. The van der Waals surface area contributed by atoms with Crippen LogP contribution in [0.5, 0.6) is 11.5 Å². The van der Waals surface area contributed by atoms with Crippen LogP contribution >= 0.6 is 0 Å². The van der Waals surface area contributed by atoms with Crippen LogP contribution in [0.1, 0.15) is 68.4 Å². The Labute approximate surface area is 397 Å². The van der Waals surface area contributed by atoms with Gasteiger partial charge in [-0.1, -0.05) is 60.2 Å². The van der Waals surface area contributed by atoms with Crippen molar-refractivity contribution in [2.24, 2.45) is 0 Å². The molecule has 1 aliphatic heterocycles. The summed E-state index contributed by atoms with van der Waals surface area (Å²) in [5, 5.41) is 14.1. The summed E-state index contributed by atoms with van der Waals surface area (Å²) in [6, 6.07) is 27.3. The van der Waals surface area contributed by atoms with Crippen LogP contribution in [0.25, 0.3) is 0 Å². The lowest BCUT2D eigenvalue weighted by Crippen LogP contribution is -2.47. The van der Waals surface area contributed by atoms with E-state index in [0.717, 1.165) is 42.9 Å². The zero-order valence-electron chi connectivity index (χ0n) is 39.7. The fraction of sp³-hybridized carbons (Fsp3) is 0.373. The van der Waals surface area contributed by atoms with Crippen molar-refractivity contribution in [1.82, 2.24) is 34.9 Å². The van der Waals surface area contributed by atoms with Gasteiger partial charge >= 0.3 is 0 Å². The number of rotatable bonds is 21. The molecule has 5 aromatic rings. The number of non-ortho nitro benzene ring substituents is 1. The molecule has 4 aromatic carbocycles. The third kappa shape index (κ3) is 13.6. The van der Waals surface area contributed by atoms with Gasteiger partial charge in [0.05, 0.1) is 29.9 Å². The first-order chi connectivity index (χ1) is 32.7. The number of hydrogen-bond acceptors (Lipinski definition) is 12. The highest BCUT2D eigenvalue weighted by atomic mass is 16.6. The van der Waals surface area contributed by atoms with Crippen LogP contribution in [0.2, 0.25) is 0 Å². The van der Waals surface area contributed by atoms with Gasteiger partial charge in [0.25, 0.3) is 17.5 Å². The standard InChI is InChI=1S/C51H61N9O8/c1-36-14-16-40(17-15-36)34-59(49(63)38(3)56(5)50(64)41-18-21-43(22-19-41)60(65)66)35-42-20-23-44(31-46(42)67-6)68-30-10-13-47(61)58(33-39-11-8-7-9-12-39)25-24-52-48(62)45-32-53-51(54-37(45)2)57-28-26-55(4)27-29-57/h7-9,11-12,14-23,31-32,38H,10,13,24-30,33-35H2,1-6H3,(H,52,62)/t38-/m0/s1. The van der Waals surface area contributed by atoms with E-state index in [1.165, 1.54) is 43.3 Å². The molecule has 0 spiro atoms. The second-order valence-corrected chi connectivity index (χ2v) is 17.0. The van der Waals surface area contributed by atoms with E-state index in [1.54, 1.807) is 42.0 Å². The van der Waals surface area contributed by atoms with Crippen LogP contribution in [0.4, 0.5) is 11.6 Å². The van der Waals surface area contributed by atoms with Gasteiger partial charge in [-0.2, -0.15) is 0 Å². The van der Waals surface area contributed by atoms with Crippen molar-refractivity contribution >= 4 is 35.3 Å². The molecular formula is C51H61N9O8. The molecule has 0 bridgehead atoms. The van der Waals surface area contributed by atoms with Crippen molar-refractivity contribution in [2.45, 2.75) is 59.3 Å². The Bertz CT molecular complexity index is 2520. The van der Waals surface area contributed by atoms with E-state index in [-0.39, 0.29) is 61.6 Å². The SMILES string of the molecule is COc1cc(OCCCC(=O)N(CCNC(=O)c2cnc(N3CCN(C)CC3)nc2C)Cc2ccccc2)ccc1CN(Cc1ccc(C)cc1)C(=O)[C@H](C)N(C)C(=O)c1ccc([N+](=O)[O-])cc1. The lowest BCUT2D eigenvalue weighted by molar-refractivity contribution is -0.384. The predicted molar refractivity (Wildman–Crippen MR) is 258 cm³/mol. The first-order valence-corrected chi connectivity index (χ1v) is 22.7. The summed E-state index contributed by atoms with van der Waals surface area (Å²) < 4.78 is 11.9. The Kier molecular flexibility index (Phi) is 17.6. The maximum Gasteiger partial charge on any atom is 0.269 e. The second-order valence-electron chi connectivity index (χ2n) is 17.0. The molecule has 68 heavy (non-hydrogen) atoms. The Morgan fingerprint density at radius 1 is 0.868 bits per heavy atom. The average molecular weight is 928 g/mol. The van der Waals surface area contributed by atoms with E-state index in [1.807, 2.05) is 67.6 Å². The molecule has 0 saturated carbocycles. The number of nitrogens with one attached hydrogen (secondary N) is 1. The number of hydrogen-bond donors (Lipinski definition) is 1. The van der Waals surface area contributed by atoms with Crippen LogP contribution in [-0.4, -0.2) is 131 Å². The number of nitrogens with zero attached hydrogens (tertiary/aromatic N) is 8. The average Bonchev–Trinajstić information content (AvgIpc) is 3.35. The Morgan fingerprint density at radius 2 is 1.54 bits per heavy atom. The Morgan fingerprint density at radius 3 is 2.21 bits per heavy atom. The number of anilines is 1. The summed E-state index contributed by atoms with van der Waals surface area (Å²) in [7, 11) is 5.16. The number of nitro groups is 1. The Balaban J connectivity index is 1.05. The van der Waals surface area contributed by atoms with Crippen LogP contribution in [-0.2, 0) is 29.2 Å². The van der Waals surface area contributed by atoms with Crippen LogP contribution in [0, 0.1) is 24.0 Å². The van der Waals surface area contributed by atoms with Crippen molar-refractivity contribution in [1.29, 1.82) is 0 Å². The minimum Gasteiger partial charge on any atom is -0.496 e. The molecule has 1 atom stereocenters. The lowest BCUT2D eigenvalue weighted by Gasteiger charge is -2.32. The number of ether oxygens (including phenoxy) is 2. The van der Waals surface area contributed by atoms with E-state index < -0.39 is 16.9 Å². The third-order valence-electron chi connectivity index (χ3n) is 12.0. The van der Waals surface area contributed by atoms with Gasteiger partial charge in [0.15, 0.2) is 0 Å². The van der Waals surface area contributed by atoms with Crippen LogP contribution in [0.15, 0.2) is 103 Å². The fourth-order valence-electron chi connectivity index (χ4n) is 7.72. The van der Waals surface area contributed by atoms with Gasteiger partial charge in [-0.05, 0) is 69.6 Å². The zero-order chi connectivity index (χ0) is 48.7. The second kappa shape index (κ2) is 23.9. The number of aromatic nitrogens is 2. The number of likely N-dealkylation sites (N-methyl/N-ethyl adjacent to an activating group) is 2. The molecule has 0 radical (unpaired) electrons. The molecule has 0 aliphatic carbocycles. The largest absolute Gasteiger partial charge is 0.496 e. The number of piperazine rings is 1. The molecule has 1 saturated heterocycles. The van der Waals surface area contributed by atoms with Gasteiger partial charge in [-0.3, -0.25) is 29.3 Å². The predicted octanol–water partition coefficient (Wildman–Crippen LogP) is 6.07. The molecule has 1 aliphatic rings. The fourth-order valence-corrected chi connectivity index (χ4v) is 7.72. The number of methoxy groups -OCH3 is 1. The van der Waals surface area contributed by atoms with E-state index in [9.17, 15) is 29.3 Å². The van der Waals surface area contributed by atoms with E-state index in [0.29, 0.717) is 53.8 Å². The Hall–Kier alpha value is -7.40. The van der Waals surface area contributed by atoms with E-state index in [2.05, 4.69) is 32.1 Å². The highest BCUT2D eigenvalue weighted by molar-refractivity contribution is 5.97. The van der Waals surface area contributed by atoms with Crippen molar-refractivity contribution in [3.05, 3.63) is 152 Å². The molecule has 1 N–H and O–H groups in total. The van der Waals surface area contributed by atoms with Crippen molar-refractivity contribution in [3.8, 4) is 11.5 Å². The van der Waals surface area contributed by atoms with Gasteiger partial charge in [-0.25, -0.2) is 9.97 Å². The molecule has 6 rings (SSSR count). The molecule has 1 aromatic heterocycles. The molecule has 358 valence electrons. The number of benzene rings is 4. The zero-order valence-corrected chi connectivity index (χ0v) is 39.7. The molecule has 4 amide bonds. The summed E-state index contributed by atoms with van der Waals surface area (Å²) >= 11 is 0.